The molecule has 4 nitrogen and oxygen atoms in total. The number of unbranched alkanes of at least 4 members (excludes halogenated alkanes) is 19. The summed E-state index contributed by atoms with van der Waals surface area (Å²) in [6, 6.07) is 0. The van der Waals surface area contributed by atoms with Crippen LogP contribution < -0.4 is 0 Å². The smallest absolute Gasteiger partial charge is 0.303 e. The average Bonchev–Trinajstić information content (AvgIpc) is 2.77. The Bertz CT molecular complexity index is 476. The van der Waals surface area contributed by atoms with Crippen LogP contribution in [0.2, 0.25) is 0 Å². The summed E-state index contributed by atoms with van der Waals surface area (Å²) < 4.78 is 0.912. The van der Waals surface area contributed by atoms with Crippen LogP contribution in [-0.4, -0.2) is 53.5 Å². The molecule has 0 aliphatic heterocycles. The summed E-state index contributed by atoms with van der Waals surface area (Å²) in [5.41, 5.74) is -0.553. The van der Waals surface area contributed by atoms with Crippen LogP contribution in [0.25, 0.3) is 0 Å². The minimum Gasteiger partial charge on any atom is -0.481 e. The minimum atomic E-state index is -0.669. The number of carboxylic acids is 1. The van der Waals surface area contributed by atoms with Crippen LogP contribution in [0.1, 0.15) is 162 Å². The first kappa shape index (κ1) is 34.4. The van der Waals surface area contributed by atoms with Gasteiger partial charge in [-0.3, -0.25) is 4.79 Å². The predicted molar refractivity (Wildman–Crippen MR) is 152 cm³/mol. The summed E-state index contributed by atoms with van der Waals surface area (Å²) in [5, 5.41) is 19.6. The Hall–Kier alpha value is -0.610. The maximum Gasteiger partial charge on any atom is 0.303 e. The van der Waals surface area contributed by atoms with Gasteiger partial charge in [-0.1, -0.05) is 122 Å². The number of likely N-dealkylation sites (N-methyl/N-ethyl adjacent to an activating group) is 1. The number of carbonyl (C=O) groups is 1. The topological polar surface area (TPSA) is 57.5 Å². The van der Waals surface area contributed by atoms with E-state index in [9.17, 15) is 9.90 Å². The first-order chi connectivity index (χ1) is 16.7. The Kier molecular flexibility index (Phi) is 22.2. The van der Waals surface area contributed by atoms with E-state index in [1.54, 1.807) is 0 Å². The third-order valence-corrected chi connectivity index (χ3v) is 7.49. The molecule has 0 amide bonds. The van der Waals surface area contributed by atoms with E-state index >= 15 is 0 Å². The zero-order valence-electron chi connectivity index (χ0n) is 24.4. The molecule has 0 spiro atoms. The molecule has 0 bridgehead atoms. The quantitative estimate of drug-likeness (QED) is 0.0878. The molecule has 0 aromatic heterocycles. The second kappa shape index (κ2) is 22.6. The van der Waals surface area contributed by atoms with Gasteiger partial charge in [-0.25, -0.2) is 0 Å². The van der Waals surface area contributed by atoms with Crippen molar-refractivity contribution in [1.82, 2.24) is 0 Å². The molecule has 0 aromatic carbocycles. The summed E-state index contributed by atoms with van der Waals surface area (Å²) in [4.78, 5) is 10.5. The Morgan fingerprint density at radius 2 is 1.00 bits per heavy atom. The highest BCUT2D eigenvalue weighted by Crippen LogP contribution is 2.21. The Morgan fingerprint density at radius 3 is 1.43 bits per heavy atom. The van der Waals surface area contributed by atoms with E-state index in [-0.39, 0.29) is 0 Å². The van der Waals surface area contributed by atoms with Gasteiger partial charge in [-0.15, -0.1) is 0 Å². The third kappa shape index (κ3) is 26.3. The monoisotopic (exact) mass is 498 g/mol. The van der Waals surface area contributed by atoms with Gasteiger partial charge in [0.2, 0.25) is 0 Å². The lowest BCUT2D eigenvalue weighted by atomic mass is 9.96. The minimum absolute atomic E-state index is 0.320. The average molecular weight is 499 g/mol. The number of rotatable bonds is 27. The Balaban J connectivity index is 3.62. The number of carboxylic acid groups (broad SMARTS) is 1. The van der Waals surface area contributed by atoms with Crippen molar-refractivity contribution in [3.05, 3.63) is 0 Å². The van der Waals surface area contributed by atoms with Gasteiger partial charge in [0.25, 0.3) is 0 Å². The highest BCUT2D eigenvalue weighted by Gasteiger charge is 2.29. The van der Waals surface area contributed by atoms with Crippen LogP contribution in [0.5, 0.6) is 0 Å². The lowest BCUT2D eigenvalue weighted by molar-refractivity contribution is -0.896. The molecule has 0 rings (SSSR count). The summed E-state index contributed by atoms with van der Waals surface area (Å²) in [7, 11) is 4.54. The molecule has 0 fully saturated rings. The molecule has 1 unspecified atom stereocenters. The van der Waals surface area contributed by atoms with E-state index in [2.05, 4.69) is 21.0 Å². The Morgan fingerprint density at radius 1 is 0.629 bits per heavy atom. The molecule has 0 aliphatic rings. The fraction of sp³-hybridized carbons (Fsp3) is 0.968. The molecule has 0 saturated heterocycles. The zero-order valence-corrected chi connectivity index (χ0v) is 24.4. The van der Waals surface area contributed by atoms with Crippen molar-refractivity contribution >= 4 is 5.97 Å². The molecular weight excluding hydrogens is 434 g/mol. The van der Waals surface area contributed by atoms with E-state index in [0.717, 1.165) is 43.3 Å². The lowest BCUT2D eigenvalue weighted by Gasteiger charge is -2.36. The first-order valence-electron chi connectivity index (χ1n) is 15.4. The fourth-order valence-corrected chi connectivity index (χ4v) is 5.48. The van der Waals surface area contributed by atoms with Gasteiger partial charge in [-0.2, -0.15) is 0 Å². The van der Waals surface area contributed by atoms with Crippen LogP contribution >= 0.6 is 0 Å². The van der Waals surface area contributed by atoms with Crippen LogP contribution in [0, 0.1) is 0 Å². The van der Waals surface area contributed by atoms with Crippen molar-refractivity contribution in [3.63, 3.8) is 0 Å². The molecule has 210 valence electrons. The molecule has 35 heavy (non-hydrogen) atoms. The molecule has 0 aliphatic carbocycles. The van der Waals surface area contributed by atoms with E-state index in [0.29, 0.717) is 6.42 Å². The summed E-state index contributed by atoms with van der Waals surface area (Å²) in [5.74, 6) is -0.669. The molecule has 0 heterocycles. The highest BCUT2D eigenvalue weighted by molar-refractivity contribution is 5.66. The van der Waals surface area contributed by atoms with Gasteiger partial charge < -0.3 is 14.7 Å². The van der Waals surface area contributed by atoms with E-state index in [4.69, 9.17) is 5.11 Å². The predicted octanol–water partition coefficient (Wildman–Crippen LogP) is 8.89. The second-order valence-electron chi connectivity index (χ2n) is 12.3. The number of aliphatic carboxylic acids is 1. The van der Waals surface area contributed by atoms with Gasteiger partial charge >= 0.3 is 5.97 Å². The number of hydrogen-bond donors (Lipinski definition) is 2. The van der Waals surface area contributed by atoms with Crippen molar-refractivity contribution in [1.29, 1.82) is 0 Å². The van der Waals surface area contributed by atoms with Gasteiger partial charge in [0.05, 0.1) is 20.6 Å². The SMILES string of the molecule is CCCCCCCCCCCCCCC(C)(O)C[N+](C)(C)CCCCCCCCCCCC(=O)O. The van der Waals surface area contributed by atoms with Crippen LogP contribution in [0.3, 0.4) is 0 Å². The standard InChI is InChI=1S/C31H63NO3/c1-5-6-7-8-9-10-11-12-15-18-21-24-27-31(2,35)29-32(3,4)28-25-22-19-16-13-14-17-20-23-26-30(33)34/h35H,5-29H2,1-4H3/p+1. The molecular formula is C31H64NO3+. The molecule has 0 radical (unpaired) electrons. The maximum atomic E-state index is 11.0. The van der Waals surface area contributed by atoms with E-state index in [1.807, 2.05) is 6.92 Å². The zero-order chi connectivity index (χ0) is 26.3. The van der Waals surface area contributed by atoms with Crippen LogP contribution in [0.4, 0.5) is 0 Å². The van der Waals surface area contributed by atoms with Crippen molar-refractivity contribution in [2.24, 2.45) is 0 Å². The molecule has 2 N–H and O–H groups in total. The van der Waals surface area contributed by atoms with Crippen LogP contribution in [0.15, 0.2) is 0 Å². The normalized spacial score (nSPS) is 13.7. The maximum absolute atomic E-state index is 11.0. The highest BCUT2D eigenvalue weighted by atomic mass is 16.4. The Labute approximate surface area is 219 Å². The van der Waals surface area contributed by atoms with Gasteiger partial charge in [0.15, 0.2) is 0 Å². The third-order valence-electron chi connectivity index (χ3n) is 7.49. The van der Waals surface area contributed by atoms with Gasteiger partial charge in [-0.05, 0) is 32.6 Å². The van der Waals surface area contributed by atoms with Crippen molar-refractivity contribution in [3.8, 4) is 0 Å². The summed E-state index contributed by atoms with van der Waals surface area (Å²) >= 11 is 0. The van der Waals surface area contributed by atoms with Crippen molar-refractivity contribution in [2.75, 3.05) is 27.2 Å². The first-order valence-corrected chi connectivity index (χ1v) is 15.4. The fourth-order valence-electron chi connectivity index (χ4n) is 5.48. The number of aliphatic hydroxyl groups is 1. The molecule has 1 atom stereocenters. The van der Waals surface area contributed by atoms with Gasteiger partial charge in [0.1, 0.15) is 12.1 Å². The molecule has 0 saturated carbocycles. The van der Waals surface area contributed by atoms with Crippen molar-refractivity contribution in [2.45, 2.75) is 167 Å². The number of hydrogen-bond acceptors (Lipinski definition) is 2. The van der Waals surface area contributed by atoms with Gasteiger partial charge in [0, 0.05) is 6.42 Å². The molecule has 4 heteroatoms. The summed E-state index contributed by atoms with van der Waals surface area (Å²) in [6.07, 6.45) is 28.3. The van der Waals surface area contributed by atoms with E-state index < -0.39 is 11.6 Å². The van der Waals surface area contributed by atoms with Crippen LogP contribution in [-0.2, 0) is 4.79 Å². The second-order valence-corrected chi connectivity index (χ2v) is 12.3. The van der Waals surface area contributed by atoms with Crippen molar-refractivity contribution < 1.29 is 19.5 Å². The van der Waals surface area contributed by atoms with E-state index in [1.165, 1.54) is 116 Å². The summed E-state index contributed by atoms with van der Waals surface area (Å²) in [6.45, 7) is 6.32. The lowest BCUT2D eigenvalue weighted by Crippen LogP contribution is -2.50. The molecule has 0 aromatic rings. The largest absolute Gasteiger partial charge is 0.481 e. The number of nitrogens with zero attached hydrogens (tertiary/aromatic N) is 1. The number of quaternary nitrogens is 1.